The van der Waals surface area contributed by atoms with Gasteiger partial charge >= 0.3 is 0 Å². The molecule has 2 nitrogen and oxygen atoms in total. The lowest BCUT2D eigenvalue weighted by atomic mass is 9.99. The van der Waals surface area contributed by atoms with Crippen LogP contribution >= 0.6 is 0 Å². The second-order valence-electron chi connectivity index (χ2n) is 5.24. The first kappa shape index (κ1) is 14.0. The summed E-state index contributed by atoms with van der Waals surface area (Å²) in [5.41, 5.74) is 0.157. The molecule has 0 saturated carbocycles. The molecule has 0 aromatic heterocycles. The summed E-state index contributed by atoms with van der Waals surface area (Å²) in [6.07, 6.45) is 1.23. The Bertz CT molecular complexity index is 367. The maximum atomic E-state index is 13.6. The van der Waals surface area contributed by atoms with E-state index in [4.69, 9.17) is 4.74 Å². The molecule has 0 heterocycles. The van der Waals surface area contributed by atoms with Crippen LogP contribution in [0.2, 0.25) is 0 Å². The van der Waals surface area contributed by atoms with E-state index >= 15 is 0 Å². The minimum absolute atomic E-state index is 0.0354. The van der Waals surface area contributed by atoms with Gasteiger partial charge in [-0.05, 0) is 58.2 Å². The maximum Gasteiger partial charge on any atom is 0.165 e. The number of benzene rings is 1. The standard InChI is InChI=1S/C14H21FO2/c1-10(2)17-13-6-5-11(9-12(13)15)7-8-14(3,4)16/h5-6,9-10,16H,7-8H2,1-4H3. The summed E-state index contributed by atoms with van der Waals surface area (Å²) in [5.74, 6) is -0.0565. The lowest BCUT2D eigenvalue weighted by molar-refractivity contribution is 0.0714. The molecule has 0 unspecified atom stereocenters. The van der Waals surface area contributed by atoms with Gasteiger partial charge in [0.15, 0.2) is 11.6 Å². The lowest BCUT2D eigenvalue weighted by Crippen LogP contribution is -2.19. The predicted octanol–water partition coefficient (Wildman–Crippen LogP) is 3.32. The quantitative estimate of drug-likeness (QED) is 0.855. The van der Waals surface area contributed by atoms with Gasteiger partial charge in [0.05, 0.1) is 11.7 Å². The molecule has 0 spiro atoms. The monoisotopic (exact) mass is 240 g/mol. The van der Waals surface area contributed by atoms with Gasteiger partial charge < -0.3 is 9.84 Å². The van der Waals surface area contributed by atoms with Gasteiger partial charge in [-0.1, -0.05) is 6.07 Å². The van der Waals surface area contributed by atoms with Crippen molar-refractivity contribution in [3.05, 3.63) is 29.6 Å². The summed E-state index contributed by atoms with van der Waals surface area (Å²) in [4.78, 5) is 0. The van der Waals surface area contributed by atoms with Crippen LogP contribution in [0.25, 0.3) is 0 Å². The Hall–Kier alpha value is -1.09. The first-order valence-electron chi connectivity index (χ1n) is 5.95. The van der Waals surface area contributed by atoms with Crippen LogP contribution in [0, 0.1) is 5.82 Å². The molecule has 17 heavy (non-hydrogen) atoms. The normalized spacial score (nSPS) is 11.9. The molecule has 0 aliphatic rings. The van der Waals surface area contributed by atoms with E-state index in [0.29, 0.717) is 12.8 Å². The Morgan fingerprint density at radius 1 is 1.35 bits per heavy atom. The number of aliphatic hydroxyl groups is 1. The van der Waals surface area contributed by atoms with Gasteiger partial charge in [0.2, 0.25) is 0 Å². The zero-order chi connectivity index (χ0) is 13.1. The van der Waals surface area contributed by atoms with E-state index in [1.807, 2.05) is 19.9 Å². The van der Waals surface area contributed by atoms with Gasteiger partial charge in [0.1, 0.15) is 0 Å². The molecule has 1 aromatic carbocycles. The van der Waals surface area contributed by atoms with E-state index in [2.05, 4.69) is 0 Å². The highest BCUT2D eigenvalue weighted by Gasteiger charge is 2.13. The van der Waals surface area contributed by atoms with Gasteiger partial charge in [-0.25, -0.2) is 4.39 Å². The van der Waals surface area contributed by atoms with Crippen LogP contribution in [0.4, 0.5) is 4.39 Å². The van der Waals surface area contributed by atoms with Crippen LogP contribution in [0.5, 0.6) is 5.75 Å². The molecule has 0 radical (unpaired) electrons. The highest BCUT2D eigenvalue weighted by molar-refractivity contribution is 5.29. The number of aryl methyl sites for hydroxylation is 1. The summed E-state index contributed by atoms with van der Waals surface area (Å²) in [6, 6.07) is 4.96. The highest BCUT2D eigenvalue weighted by Crippen LogP contribution is 2.21. The second-order valence-corrected chi connectivity index (χ2v) is 5.24. The molecule has 1 aromatic rings. The van der Waals surface area contributed by atoms with Crippen LogP contribution in [0.1, 0.15) is 39.7 Å². The van der Waals surface area contributed by atoms with Gasteiger partial charge in [-0.15, -0.1) is 0 Å². The first-order valence-corrected chi connectivity index (χ1v) is 5.95. The van der Waals surface area contributed by atoms with E-state index in [9.17, 15) is 9.50 Å². The molecule has 0 fully saturated rings. The van der Waals surface area contributed by atoms with Crippen molar-refractivity contribution in [2.45, 2.75) is 52.2 Å². The molecule has 0 saturated heterocycles. The number of halogens is 1. The third-order valence-electron chi connectivity index (χ3n) is 2.38. The Morgan fingerprint density at radius 2 is 2.00 bits per heavy atom. The van der Waals surface area contributed by atoms with Crippen molar-refractivity contribution in [1.82, 2.24) is 0 Å². The fraction of sp³-hybridized carbons (Fsp3) is 0.571. The lowest BCUT2D eigenvalue weighted by Gasteiger charge is -2.17. The SMILES string of the molecule is CC(C)Oc1ccc(CCC(C)(C)O)cc1F. The molecule has 0 amide bonds. The minimum atomic E-state index is -0.719. The first-order chi connectivity index (χ1) is 7.78. The fourth-order valence-corrected chi connectivity index (χ4v) is 1.50. The van der Waals surface area contributed by atoms with E-state index in [-0.39, 0.29) is 17.7 Å². The van der Waals surface area contributed by atoms with Crippen molar-refractivity contribution in [2.75, 3.05) is 0 Å². The molecular formula is C14H21FO2. The van der Waals surface area contributed by atoms with Crippen molar-refractivity contribution in [3.63, 3.8) is 0 Å². The van der Waals surface area contributed by atoms with Crippen molar-refractivity contribution < 1.29 is 14.2 Å². The summed E-state index contributed by atoms with van der Waals surface area (Å²) >= 11 is 0. The summed E-state index contributed by atoms with van der Waals surface area (Å²) in [6.45, 7) is 7.22. The Morgan fingerprint density at radius 3 is 2.47 bits per heavy atom. The van der Waals surface area contributed by atoms with Gasteiger partial charge in [0.25, 0.3) is 0 Å². The average Bonchev–Trinajstić information content (AvgIpc) is 2.17. The number of hydrogen-bond donors (Lipinski definition) is 1. The predicted molar refractivity (Wildman–Crippen MR) is 66.8 cm³/mol. The van der Waals surface area contributed by atoms with Crippen LogP contribution < -0.4 is 4.74 Å². The topological polar surface area (TPSA) is 29.5 Å². The third kappa shape index (κ3) is 5.18. The zero-order valence-electron chi connectivity index (χ0n) is 11.0. The molecule has 0 bridgehead atoms. The Balaban J connectivity index is 2.68. The van der Waals surface area contributed by atoms with Crippen LogP contribution in [-0.4, -0.2) is 16.8 Å². The summed E-state index contributed by atoms with van der Waals surface area (Å²) in [7, 11) is 0. The summed E-state index contributed by atoms with van der Waals surface area (Å²) < 4.78 is 19.0. The molecule has 0 aliphatic carbocycles. The highest BCUT2D eigenvalue weighted by atomic mass is 19.1. The molecule has 0 atom stereocenters. The van der Waals surface area contributed by atoms with E-state index in [0.717, 1.165) is 5.56 Å². The molecule has 1 N–H and O–H groups in total. The third-order valence-corrected chi connectivity index (χ3v) is 2.38. The van der Waals surface area contributed by atoms with E-state index in [1.54, 1.807) is 19.9 Å². The van der Waals surface area contributed by atoms with Crippen LogP contribution in [0.3, 0.4) is 0 Å². The van der Waals surface area contributed by atoms with Gasteiger partial charge in [-0.3, -0.25) is 0 Å². The second kappa shape index (κ2) is 5.50. The van der Waals surface area contributed by atoms with Gasteiger partial charge in [-0.2, -0.15) is 0 Å². The van der Waals surface area contributed by atoms with Gasteiger partial charge in [0, 0.05) is 0 Å². The molecule has 0 aliphatic heterocycles. The van der Waals surface area contributed by atoms with Crippen LogP contribution in [-0.2, 0) is 6.42 Å². The largest absolute Gasteiger partial charge is 0.488 e. The summed E-state index contributed by atoms with van der Waals surface area (Å²) in [5, 5.41) is 9.60. The molecule has 3 heteroatoms. The molecule has 96 valence electrons. The fourth-order valence-electron chi connectivity index (χ4n) is 1.50. The van der Waals surface area contributed by atoms with Crippen molar-refractivity contribution in [3.8, 4) is 5.75 Å². The van der Waals surface area contributed by atoms with E-state index in [1.165, 1.54) is 6.07 Å². The molecule has 1 rings (SSSR count). The number of rotatable bonds is 5. The number of ether oxygens (including phenoxy) is 1. The van der Waals surface area contributed by atoms with Crippen molar-refractivity contribution in [2.24, 2.45) is 0 Å². The molecular weight excluding hydrogens is 219 g/mol. The average molecular weight is 240 g/mol. The maximum absolute atomic E-state index is 13.6. The van der Waals surface area contributed by atoms with E-state index < -0.39 is 5.60 Å². The Labute approximate surface area is 102 Å². The van der Waals surface area contributed by atoms with Crippen LogP contribution in [0.15, 0.2) is 18.2 Å². The smallest absolute Gasteiger partial charge is 0.165 e. The Kier molecular flexibility index (Phi) is 4.52. The van der Waals surface area contributed by atoms with Crippen molar-refractivity contribution in [1.29, 1.82) is 0 Å². The number of hydrogen-bond acceptors (Lipinski definition) is 2. The van der Waals surface area contributed by atoms with Crippen molar-refractivity contribution >= 4 is 0 Å². The minimum Gasteiger partial charge on any atom is -0.488 e. The zero-order valence-corrected chi connectivity index (χ0v) is 11.0.